The zero-order chi connectivity index (χ0) is 16.1. The molecule has 0 aliphatic heterocycles. The number of rotatable bonds is 4. The van der Waals surface area contributed by atoms with Crippen molar-refractivity contribution >= 4 is 11.3 Å². The van der Waals surface area contributed by atoms with Crippen LogP contribution in [0.15, 0.2) is 35.7 Å². The van der Waals surface area contributed by atoms with Gasteiger partial charge in [-0.25, -0.2) is 0 Å². The molecule has 0 spiro atoms. The highest BCUT2D eigenvalue weighted by Gasteiger charge is 1.99. The summed E-state index contributed by atoms with van der Waals surface area (Å²) in [6, 6.07) is 10.7. The lowest BCUT2D eigenvalue weighted by molar-refractivity contribution is 0.953. The first kappa shape index (κ1) is 19.4. The van der Waals surface area contributed by atoms with Crippen LogP contribution in [0.5, 0.6) is 0 Å². The second-order valence-corrected chi connectivity index (χ2v) is 5.54. The van der Waals surface area contributed by atoms with Gasteiger partial charge in [-0.05, 0) is 60.9 Å². The average Bonchev–Trinajstić information content (AvgIpc) is 2.98. The average molecular weight is 301 g/mol. The van der Waals surface area contributed by atoms with Gasteiger partial charge in [-0.15, -0.1) is 24.2 Å². The highest BCUT2D eigenvalue weighted by Crippen LogP contribution is 2.17. The van der Waals surface area contributed by atoms with Crippen molar-refractivity contribution in [2.75, 3.05) is 6.54 Å². The Hall–Kier alpha value is -1.56. The highest BCUT2D eigenvalue weighted by molar-refractivity contribution is 7.10. The second-order valence-electron chi connectivity index (χ2n) is 4.54. The number of terminal acetylenes is 1. The summed E-state index contributed by atoms with van der Waals surface area (Å²) in [5, 5.41) is 2.14. The molecule has 0 saturated heterocycles. The summed E-state index contributed by atoms with van der Waals surface area (Å²) >= 11 is 1.83. The van der Waals surface area contributed by atoms with Crippen molar-refractivity contribution in [3.63, 3.8) is 0 Å². The molecule has 1 aromatic carbocycles. The van der Waals surface area contributed by atoms with Gasteiger partial charge in [0.05, 0.1) is 0 Å². The van der Waals surface area contributed by atoms with Gasteiger partial charge >= 0.3 is 0 Å². The van der Waals surface area contributed by atoms with Gasteiger partial charge in [0, 0.05) is 4.88 Å². The van der Waals surface area contributed by atoms with Crippen LogP contribution >= 0.6 is 11.3 Å². The van der Waals surface area contributed by atoms with E-state index in [1.54, 1.807) is 0 Å². The highest BCUT2D eigenvalue weighted by atomic mass is 32.1. The molecule has 114 valence electrons. The van der Waals surface area contributed by atoms with Gasteiger partial charge in [0.2, 0.25) is 0 Å². The summed E-state index contributed by atoms with van der Waals surface area (Å²) in [6.45, 7) is 7.29. The van der Waals surface area contributed by atoms with Crippen LogP contribution in [-0.2, 0) is 19.3 Å². The van der Waals surface area contributed by atoms with Crippen LogP contribution in [0.1, 0.15) is 35.4 Å². The van der Waals surface area contributed by atoms with E-state index in [0.29, 0.717) is 0 Å². The predicted molar refractivity (Wildman–Crippen MR) is 96.9 cm³/mol. The fraction of sp³-hybridized carbons (Fsp3) is 0.368. The third-order valence-corrected chi connectivity index (χ3v) is 4.32. The van der Waals surface area contributed by atoms with Gasteiger partial charge in [-0.3, -0.25) is 0 Å². The Kier molecular flexibility index (Phi) is 11.3. The normalized spacial score (nSPS) is 9.05. The Morgan fingerprint density at radius 1 is 1.00 bits per heavy atom. The molecule has 2 heteroatoms. The monoisotopic (exact) mass is 301 g/mol. The van der Waals surface area contributed by atoms with Crippen molar-refractivity contribution in [1.82, 2.24) is 0 Å². The lowest BCUT2D eigenvalue weighted by atomic mass is 10.1. The van der Waals surface area contributed by atoms with E-state index in [-0.39, 0.29) is 0 Å². The molecule has 21 heavy (non-hydrogen) atoms. The van der Waals surface area contributed by atoms with E-state index < -0.39 is 0 Å². The van der Waals surface area contributed by atoms with E-state index in [4.69, 9.17) is 5.73 Å². The molecule has 2 N–H and O–H groups in total. The topological polar surface area (TPSA) is 26.0 Å². The number of thiophene rings is 1. The van der Waals surface area contributed by atoms with Crippen LogP contribution in [-0.4, -0.2) is 6.54 Å². The summed E-state index contributed by atoms with van der Waals surface area (Å²) in [5.74, 6) is 0. The fourth-order valence-electron chi connectivity index (χ4n) is 2.06. The molecular formula is C19H27NS. The molecule has 1 heterocycles. The predicted octanol–water partition coefficient (Wildman–Crippen LogP) is 4.62. The summed E-state index contributed by atoms with van der Waals surface area (Å²) in [7, 11) is 0. The van der Waals surface area contributed by atoms with E-state index >= 15 is 0 Å². The number of hydrogen-bond acceptors (Lipinski definition) is 2. The Morgan fingerprint density at radius 3 is 2.14 bits per heavy atom. The molecule has 0 aliphatic carbocycles. The van der Waals surface area contributed by atoms with Crippen LogP contribution in [0, 0.1) is 19.8 Å². The van der Waals surface area contributed by atoms with E-state index in [0.717, 1.165) is 25.8 Å². The zero-order valence-corrected chi connectivity index (χ0v) is 14.2. The quantitative estimate of drug-likeness (QED) is 0.819. The maximum atomic E-state index is 5.45. The minimum absolute atomic E-state index is 0.768. The lowest BCUT2D eigenvalue weighted by Crippen LogP contribution is -2.02. The van der Waals surface area contributed by atoms with E-state index in [1.165, 1.54) is 21.6 Å². The summed E-state index contributed by atoms with van der Waals surface area (Å²) in [5.41, 5.74) is 9.75. The van der Waals surface area contributed by atoms with Gasteiger partial charge < -0.3 is 5.73 Å². The largest absolute Gasteiger partial charge is 0.330 e. The van der Waals surface area contributed by atoms with Crippen molar-refractivity contribution in [1.29, 1.82) is 0 Å². The minimum atomic E-state index is 0.768. The Labute approximate surface area is 134 Å². The molecule has 0 aliphatic rings. The Balaban J connectivity index is 0.000000342. The van der Waals surface area contributed by atoms with Crippen molar-refractivity contribution in [3.8, 4) is 12.8 Å². The van der Waals surface area contributed by atoms with E-state index in [9.17, 15) is 0 Å². The first-order valence-corrected chi connectivity index (χ1v) is 8.24. The van der Waals surface area contributed by atoms with Crippen LogP contribution in [0.2, 0.25) is 0 Å². The molecule has 0 radical (unpaired) electrons. The Bertz CT molecular complexity index is 511. The molecule has 0 bridgehead atoms. The third-order valence-electron chi connectivity index (χ3n) is 3.21. The number of aryl methyl sites for hydroxylation is 3. The van der Waals surface area contributed by atoms with Gasteiger partial charge in [0.1, 0.15) is 0 Å². The first-order chi connectivity index (χ1) is 10.2. The molecular weight excluding hydrogens is 274 g/mol. The SMILES string of the molecule is C#C.CCc1ccccc1C.CCc1sccc1CCN. The molecule has 2 rings (SSSR count). The van der Waals surface area contributed by atoms with E-state index in [1.807, 2.05) is 11.3 Å². The maximum Gasteiger partial charge on any atom is 0.00749 e. The van der Waals surface area contributed by atoms with Crippen molar-refractivity contribution in [2.45, 2.75) is 40.0 Å². The van der Waals surface area contributed by atoms with Crippen LogP contribution in [0.4, 0.5) is 0 Å². The molecule has 1 nitrogen and oxygen atoms in total. The maximum absolute atomic E-state index is 5.45. The van der Waals surface area contributed by atoms with Crippen molar-refractivity contribution in [2.24, 2.45) is 5.73 Å². The molecule has 0 saturated carbocycles. The number of hydrogen-bond donors (Lipinski definition) is 1. The molecule has 0 fully saturated rings. The zero-order valence-electron chi connectivity index (χ0n) is 13.4. The Morgan fingerprint density at radius 2 is 1.67 bits per heavy atom. The van der Waals surface area contributed by atoms with E-state index in [2.05, 4.69) is 69.3 Å². The summed E-state index contributed by atoms with van der Waals surface area (Å²) < 4.78 is 0. The number of benzene rings is 1. The molecule has 1 aromatic heterocycles. The van der Waals surface area contributed by atoms with Gasteiger partial charge in [0.15, 0.2) is 0 Å². The van der Waals surface area contributed by atoms with Crippen molar-refractivity contribution in [3.05, 3.63) is 57.3 Å². The van der Waals surface area contributed by atoms with Gasteiger partial charge in [0.25, 0.3) is 0 Å². The van der Waals surface area contributed by atoms with Gasteiger partial charge in [-0.2, -0.15) is 0 Å². The molecule has 2 aromatic rings. The molecule has 0 amide bonds. The molecule has 0 atom stereocenters. The van der Waals surface area contributed by atoms with Crippen LogP contribution in [0.3, 0.4) is 0 Å². The molecule has 0 unspecified atom stereocenters. The minimum Gasteiger partial charge on any atom is -0.330 e. The second kappa shape index (κ2) is 12.2. The lowest BCUT2D eigenvalue weighted by Gasteiger charge is -1.98. The number of nitrogens with two attached hydrogens (primary N) is 1. The van der Waals surface area contributed by atoms with Gasteiger partial charge in [-0.1, -0.05) is 38.1 Å². The smallest absolute Gasteiger partial charge is 0.00749 e. The van der Waals surface area contributed by atoms with Crippen molar-refractivity contribution < 1.29 is 0 Å². The first-order valence-electron chi connectivity index (χ1n) is 7.36. The summed E-state index contributed by atoms with van der Waals surface area (Å²) in [6.07, 6.45) is 11.3. The third kappa shape index (κ3) is 7.13. The fourth-order valence-corrected chi connectivity index (χ4v) is 2.95. The van der Waals surface area contributed by atoms with Crippen LogP contribution in [0.25, 0.3) is 0 Å². The standard InChI is InChI=1S/C9H12.C8H13NS.C2H2/c1-3-9-7-5-4-6-8(9)2;1-2-8-7(3-5-9)4-6-10-8;1-2/h4-7H,3H2,1-2H3;4,6H,2-3,5,9H2,1H3;1-2H. The van der Waals surface area contributed by atoms with Crippen LogP contribution < -0.4 is 5.73 Å². The summed E-state index contributed by atoms with van der Waals surface area (Å²) in [4.78, 5) is 1.49.